The molecule has 0 radical (unpaired) electrons. The number of unbranched alkanes of at least 4 members (excludes halogenated alkanes) is 1. The zero-order chi connectivity index (χ0) is 9.14. The molecule has 0 aromatic heterocycles. The molecule has 0 N–H and O–H groups in total. The molecule has 1 aliphatic heterocycles. The van der Waals surface area contributed by atoms with E-state index in [4.69, 9.17) is 4.74 Å². The van der Waals surface area contributed by atoms with Crippen molar-refractivity contribution in [1.82, 2.24) is 0 Å². The highest BCUT2D eigenvalue weighted by atomic mass is 127. The molecular formula is C10H19IO. The molecular weight excluding hydrogens is 263 g/mol. The van der Waals surface area contributed by atoms with Crippen molar-refractivity contribution in [2.45, 2.75) is 56.2 Å². The minimum Gasteiger partial charge on any atom is -0.373 e. The van der Waals surface area contributed by atoms with Crippen LogP contribution in [0.3, 0.4) is 0 Å². The molecule has 72 valence electrons. The van der Waals surface area contributed by atoms with E-state index in [0.29, 0.717) is 12.2 Å². The van der Waals surface area contributed by atoms with E-state index in [1.165, 1.54) is 19.3 Å². The van der Waals surface area contributed by atoms with Crippen molar-refractivity contribution in [1.29, 1.82) is 0 Å². The fourth-order valence-corrected chi connectivity index (χ4v) is 2.92. The molecule has 0 aromatic rings. The Hall–Kier alpha value is 0.690. The third-order valence-electron chi connectivity index (χ3n) is 2.82. The Bertz CT molecular complexity index is 138. The maximum Gasteiger partial charge on any atom is 0.0746 e. The average molecular weight is 282 g/mol. The van der Waals surface area contributed by atoms with Gasteiger partial charge in [0.15, 0.2) is 0 Å². The van der Waals surface area contributed by atoms with Crippen molar-refractivity contribution in [2.75, 3.05) is 0 Å². The van der Waals surface area contributed by atoms with Crippen LogP contribution in [0.4, 0.5) is 0 Å². The Morgan fingerprint density at radius 2 is 2.08 bits per heavy atom. The van der Waals surface area contributed by atoms with Crippen LogP contribution in [0, 0.1) is 5.92 Å². The third-order valence-corrected chi connectivity index (χ3v) is 4.15. The standard InChI is InChI=1S/C10H19IO/c1-4-5-6-9(11)10-7(2)8(3)12-10/h7-10H,4-6H2,1-3H3/t7-,8+,9-,10?/m0/s1. The van der Waals surface area contributed by atoms with E-state index in [2.05, 4.69) is 43.4 Å². The Kier molecular flexibility index (Phi) is 4.30. The summed E-state index contributed by atoms with van der Waals surface area (Å²) in [6, 6.07) is 0. The minimum atomic E-state index is 0.494. The summed E-state index contributed by atoms with van der Waals surface area (Å²) >= 11 is 2.54. The molecule has 1 aliphatic rings. The van der Waals surface area contributed by atoms with E-state index >= 15 is 0 Å². The van der Waals surface area contributed by atoms with Crippen molar-refractivity contribution in [3.05, 3.63) is 0 Å². The number of hydrogen-bond acceptors (Lipinski definition) is 1. The lowest BCUT2D eigenvalue weighted by Gasteiger charge is -2.43. The molecule has 1 rings (SSSR count). The molecule has 2 heteroatoms. The molecule has 0 saturated carbocycles. The molecule has 12 heavy (non-hydrogen) atoms. The van der Waals surface area contributed by atoms with Crippen LogP contribution in [0.5, 0.6) is 0 Å². The van der Waals surface area contributed by atoms with Gasteiger partial charge in [0.05, 0.1) is 12.2 Å². The third kappa shape index (κ3) is 2.34. The van der Waals surface area contributed by atoms with Gasteiger partial charge in [0, 0.05) is 9.84 Å². The fourth-order valence-electron chi connectivity index (χ4n) is 1.65. The van der Waals surface area contributed by atoms with Crippen LogP contribution in [0.1, 0.15) is 40.0 Å². The van der Waals surface area contributed by atoms with Gasteiger partial charge >= 0.3 is 0 Å². The zero-order valence-electron chi connectivity index (χ0n) is 8.22. The second kappa shape index (κ2) is 4.80. The van der Waals surface area contributed by atoms with Gasteiger partial charge in [-0.3, -0.25) is 0 Å². The smallest absolute Gasteiger partial charge is 0.0746 e. The zero-order valence-corrected chi connectivity index (χ0v) is 10.4. The van der Waals surface area contributed by atoms with Crippen molar-refractivity contribution < 1.29 is 4.74 Å². The number of alkyl halides is 1. The predicted octanol–water partition coefficient (Wildman–Crippen LogP) is 3.40. The van der Waals surface area contributed by atoms with E-state index in [1.807, 2.05) is 0 Å². The van der Waals surface area contributed by atoms with Crippen molar-refractivity contribution >= 4 is 22.6 Å². The molecule has 0 amide bonds. The van der Waals surface area contributed by atoms with Crippen LogP contribution in [-0.2, 0) is 4.74 Å². The van der Waals surface area contributed by atoms with Crippen LogP contribution < -0.4 is 0 Å². The fraction of sp³-hybridized carbons (Fsp3) is 1.00. The molecule has 1 fully saturated rings. The van der Waals surface area contributed by atoms with E-state index in [1.54, 1.807) is 0 Å². The molecule has 0 aromatic carbocycles. The summed E-state index contributed by atoms with van der Waals surface area (Å²) in [6.07, 6.45) is 4.99. The van der Waals surface area contributed by atoms with Crippen LogP contribution >= 0.6 is 22.6 Å². The molecule has 1 unspecified atom stereocenters. The van der Waals surface area contributed by atoms with E-state index in [9.17, 15) is 0 Å². The van der Waals surface area contributed by atoms with Gasteiger partial charge in [0.2, 0.25) is 0 Å². The predicted molar refractivity (Wildman–Crippen MR) is 60.8 cm³/mol. The lowest BCUT2D eigenvalue weighted by Crippen LogP contribution is -2.50. The van der Waals surface area contributed by atoms with Crippen LogP contribution in [0.15, 0.2) is 0 Å². The largest absolute Gasteiger partial charge is 0.373 e. The van der Waals surface area contributed by atoms with E-state index in [-0.39, 0.29) is 0 Å². The highest BCUT2D eigenvalue weighted by Crippen LogP contribution is 2.35. The summed E-state index contributed by atoms with van der Waals surface area (Å²) in [7, 11) is 0. The highest BCUT2D eigenvalue weighted by Gasteiger charge is 2.39. The summed E-state index contributed by atoms with van der Waals surface area (Å²) in [5.74, 6) is 0.767. The number of rotatable bonds is 4. The van der Waals surface area contributed by atoms with Crippen LogP contribution in [-0.4, -0.2) is 16.1 Å². The minimum absolute atomic E-state index is 0.494. The summed E-state index contributed by atoms with van der Waals surface area (Å²) in [5, 5.41) is 0. The topological polar surface area (TPSA) is 9.23 Å². The maximum absolute atomic E-state index is 5.70. The van der Waals surface area contributed by atoms with Gasteiger partial charge in [0.25, 0.3) is 0 Å². The first kappa shape index (κ1) is 10.8. The van der Waals surface area contributed by atoms with Gasteiger partial charge in [-0.2, -0.15) is 0 Å². The lowest BCUT2D eigenvalue weighted by molar-refractivity contribution is -0.164. The second-order valence-corrected chi connectivity index (χ2v) is 5.42. The van der Waals surface area contributed by atoms with Crippen LogP contribution in [0.25, 0.3) is 0 Å². The Morgan fingerprint density at radius 3 is 2.50 bits per heavy atom. The van der Waals surface area contributed by atoms with Gasteiger partial charge < -0.3 is 4.74 Å². The lowest BCUT2D eigenvalue weighted by atomic mass is 9.89. The van der Waals surface area contributed by atoms with Gasteiger partial charge in [0.1, 0.15) is 0 Å². The summed E-state index contributed by atoms with van der Waals surface area (Å²) in [4.78, 5) is 0. The molecule has 1 heterocycles. The van der Waals surface area contributed by atoms with Crippen molar-refractivity contribution in [3.63, 3.8) is 0 Å². The first-order chi connectivity index (χ1) is 5.66. The Labute approximate surface area is 89.4 Å². The number of ether oxygens (including phenoxy) is 1. The highest BCUT2D eigenvalue weighted by molar-refractivity contribution is 14.1. The van der Waals surface area contributed by atoms with Crippen molar-refractivity contribution in [2.24, 2.45) is 5.92 Å². The molecule has 1 saturated heterocycles. The van der Waals surface area contributed by atoms with Gasteiger partial charge in [-0.1, -0.05) is 49.3 Å². The van der Waals surface area contributed by atoms with E-state index in [0.717, 1.165) is 9.84 Å². The molecule has 0 spiro atoms. The quantitative estimate of drug-likeness (QED) is 0.567. The monoisotopic (exact) mass is 282 g/mol. The first-order valence-electron chi connectivity index (χ1n) is 4.96. The summed E-state index contributed by atoms with van der Waals surface area (Å²) in [6.45, 7) is 6.72. The SMILES string of the molecule is CCCC[C@H](I)C1O[C@H](C)[C@@H]1C. The van der Waals surface area contributed by atoms with Crippen molar-refractivity contribution in [3.8, 4) is 0 Å². The molecule has 0 aliphatic carbocycles. The maximum atomic E-state index is 5.70. The normalized spacial score (nSPS) is 37.5. The molecule has 1 nitrogen and oxygen atoms in total. The van der Waals surface area contributed by atoms with Gasteiger partial charge in [-0.05, 0) is 13.3 Å². The van der Waals surface area contributed by atoms with Crippen LogP contribution in [0.2, 0.25) is 0 Å². The summed E-state index contributed by atoms with van der Waals surface area (Å²) < 4.78 is 6.43. The van der Waals surface area contributed by atoms with E-state index < -0.39 is 0 Å². The Morgan fingerprint density at radius 1 is 1.42 bits per heavy atom. The number of halogens is 1. The molecule has 4 atom stereocenters. The summed E-state index contributed by atoms with van der Waals surface area (Å²) in [5.41, 5.74) is 0. The first-order valence-corrected chi connectivity index (χ1v) is 6.21. The molecule has 0 bridgehead atoms. The average Bonchev–Trinajstić information content (AvgIpc) is 2.09. The Balaban J connectivity index is 2.20. The number of hydrogen-bond donors (Lipinski definition) is 0. The van der Waals surface area contributed by atoms with Gasteiger partial charge in [-0.25, -0.2) is 0 Å². The van der Waals surface area contributed by atoms with Gasteiger partial charge in [-0.15, -0.1) is 0 Å². The second-order valence-electron chi connectivity index (χ2n) is 3.82.